The molecule has 0 aliphatic rings. The number of rotatable bonds is 0. The molecule has 0 saturated heterocycles. The van der Waals surface area contributed by atoms with Gasteiger partial charge in [-0.3, -0.25) is 0 Å². The Morgan fingerprint density at radius 2 is 0.667 bits per heavy atom. The van der Waals surface area contributed by atoms with Crippen molar-refractivity contribution < 1.29 is 79.8 Å². The summed E-state index contributed by atoms with van der Waals surface area (Å²) in [6.45, 7) is 6.50. The molecule has 0 atom stereocenters. The van der Waals surface area contributed by atoms with Gasteiger partial charge in [0.2, 0.25) is 0 Å². The van der Waals surface area contributed by atoms with Crippen LogP contribution in [-0.2, 0) is 39.0 Å². The van der Waals surface area contributed by atoms with E-state index >= 15 is 0 Å². The first kappa shape index (κ1) is 36.2. The second-order valence-corrected chi connectivity index (χ2v) is 2.31. The van der Waals surface area contributed by atoms with Crippen molar-refractivity contribution in [1.82, 2.24) is 0 Å². The first-order chi connectivity index (χ1) is 6.93. The Labute approximate surface area is 132 Å². The van der Waals surface area contributed by atoms with Gasteiger partial charge in [-0.2, -0.15) is 0 Å². The molecule has 18 heavy (non-hydrogen) atoms. The van der Waals surface area contributed by atoms with Gasteiger partial charge in [-0.05, 0) is 27.4 Å². The van der Waals surface area contributed by atoms with E-state index in [2.05, 4.69) is 6.58 Å². The second kappa shape index (κ2) is 30.4. The molecule has 0 amide bonds. The van der Waals surface area contributed by atoms with Crippen molar-refractivity contribution in [3.63, 3.8) is 0 Å². The number of hydrogen-bond donors (Lipinski definition) is 8. The molecule has 8 N–H and O–H groups in total. The van der Waals surface area contributed by atoms with Gasteiger partial charge in [0, 0.05) is 39.0 Å². The molecule has 0 aromatic rings. The van der Waals surface area contributed by atoms with Crippen LogP contribution in [0.1, 0.15) is 20.8 Å². The van der Waals surface area contributed by atoms with Crippen molar-refractivity contribution in [1.29, 1.82) is 0 Å². The first-order valence-electron chi connectivity index (χ1n) is 4.08. The van der Waals surface area contributed by atoms with Crippen molar-refractivity contribution in [2.45, 2.75) is 39.6 Å². The summed E-state index contributed by atoms with van der Waals surface area (Å²) in [5.41, 5.74) is 0. The summed E-state index contributed by atoms with van der Waals surface area (Å²) >= 11 is 0. The number of aliphatic hydroxyl groups is 8. The van der Waals surface area contributed by atoms with Gasteiger partial charge >= 0.3 is 0 Å². The Bertz CT molecular complexity index is 106. The third-order valence-electron chi connectivity index (χ3n) is 0. The van der Waals surface area contributed by atoms with Crippen molar-refractivity contribution in [3.05, 3.63) is 12.5 Å². The van der Waals surface area contributed by atoms with E-state index in [0.717, 1.165) is 0 Å². The monoisotopic (exact) mass is 452 g/mol. The van der Waals surface area contributed by atoms with Crippen LogP contribution in [0.15, 0.2) is 12.5 Å². The van der Waals surface area contributed by atoms with Crippen LogP contribution in [0.5, 0.6) is 0 Å². The van der Waals surface area contributed by atoms with Gasteiger partial charge in [0.1, 0.15) is 18.9 Å². The standard InChI is InChI=1S/3C2H6O2.C2H4O2.2Rh/c4*1-2(3)4;;/h3*2-4H,1H3;3-4H,1H2;;. The van der Waals surface area contributed by atoms with Gasteiger partial charge in [0.15, 0.2) is 0 Å². The zero-order chi connectivity index (χ0) is 14.3. The molecule has 0 aliphatic carbocycles. The largest absolute Gasteiger partial charge is 0.482 e. The minimum absolute atomic E-state index is 0. The molecule has 0 aromatic heterocycles. The number of aliphatic hydroxyl groups excluding tert-OH is 4. The fraction of sp³-hybridized carbons (Fsp3) is 0.750. The summed E-state index contributed by atoms with van der Waals surface area (Å²) < 4.78 is 0. The van der Waals surface area contributed by atoms with E-state index < -0.39 is 24.8 Å². The molecule has 0 fully saturated rings. The summed E-state index contributed by atoms with van der Waals surface area (Å²) in [5.74, 6) is -0.833. The molecule has 10 heteroatoms. The normalized spacial score (nSPS) is 7.33. The molecule has 0 bridgehead atoms. The van der Waals surface area contributed by atoms with Crippen LogP contribution < -0.4 is 0 Å². The Morgan fingerprint density at radius 1 is 0.667 bits per heavy atom. The van der Waals surface area contributed by atoms with E-state index in [4.69, 9.17) is 40.9 Å². The molecule has 0 unspecified atom stereocenters. The quantitative estimate of drug-likeness (QED) is 0.125. The predicted molar refractivity (Wildman–Crippen MR) is 56.1 cm³/mol. The summed E-state index contributed by atoms with van der Waals surface area (Å²) in [4.78, 5) is 0. The summed E-state index contributed by atoms with van der Waals surface area (Å²) in [6.07, 6.45) is -3.50. The van der Waals surface area contributed by atoms with Crippen LogP contribution >= 0.6 is 0 Å². The summed E-state index contributed by atoms with van der Waals surface area (Å²) in [7, 11) is 0. The molecule has 0 heterocycles. The Balaban J connectivity index is -0.0000000257. The van der Waals surface area contributed by atoms with Crippen LogP contribution in [0.25, 0.3) is 0 Å². The SMILES string of the molecule is C=C(O)O.CC(O)O.CC(O)O.CC(O)O.[Rh].[Rh]. The van der Waals surface area contributed by atoms with Gasteiger partial charge in [-0.1, -0.05) is 0 Å². The van der Waals surface area contributed by atoms with E-state index in [-0.39, 0.29) is 39.0 Å². The fourth-order valence-corrected chi connectivity index (χ4v) is 0. The van der Waals surface area contributed by atoms with Crippen LogP contribution in [0.4, 0.5) is 0 Å². The van der Waals surface area contributed by atoms with E-state index in [1.54, 1.807) is 0 Å². The van der Waals surface area contributed by atoms with Gasteiger partial charge in [-0.15, -0.1) is 0 Å². The van der Waals surface area contributed by atoms with Gasteiger partial charge in [-0.25, -0.2) is 0 Å². The van der Waals surface area contributed by atoms with Crippen molar-refractivity contribution >= 4 is 0 Å². The molecule has 8 nitrogen and oxygen atoms in total. The molecule has 0 aliphatic heterocycles. The maximum absolute atomic E-state index is 7.61. The smallest absolute Gasteiger partial charge is 0.266 e. The third kappa shape index (κ3) is 32000. The zero-order valence-corrected chi connectivity index (χ0v) is 13.5. The molecule has 0 saturated carbocycles. The Morgan fingerprint density at radius 3 is 0.667 bits per heavy atom. The summed E-state index contributed by atoms with van der Waals surface area (Å²) in [5, 5.41) is 60.5. The van der Waals surface area contributed by atoms with E-state index in [9.17, 15) is 0 Å². The van der Waals surface area contributed by atoms with Crippen molar-refractivity contribution in [2.75, 3.05) is 0 Å². The molecule has 0 rings (SSSR count). The average molecular weight is 452 g/mol. The van der Waals surface area contributed by atoms with Crippen LogP contribution in [0.3, 0.4) is 0 Å². The topological polar surface area (TPSA) is 162 Å². The number of hydrogen-bond acceptors (Lipinski definition) is 8. The van der Waals surface area contributed by atoms with E-state index in [0.29, 0.717) is 0 Å². The van der Waals surface area contributed by atoms with E-state index in [1.807, 2.05) is 0 Å². The molecule has 0 spiro atoms. The van der Waals surface area contributed by atoms with Crippen molar-refractivity contribution in [2.24, 2.45) is 0 Å². The maximum atomic E-state index is 7.61. The average Bonchev–Trinajstić information content (AvgIpc) is 1.76. The maximum Gasteiger partial charge on any atom is 0.266 e. The Hall–Kier alpha value is 0.347. The minimum atomic E-state index is -1.17. The van der Waals surface area contributed by atoms with Gasteiger partial charge in [0.05, 0.1) is 0 Å². The minimum Gasteiger partial charge on any atom is -0.482 e. The van der Waals surface area contributed by atoms with Gasteiger partial charge in [0.25, 0.3) is 5.95 Å². The predicted octanol–water partition coefficient (Wildman–Crippen LogP) is -1.48. The molecule has 2 radical (unpaired) electrons. The second-order valence-electron chi connectivity index (χ2n) is 2.31. The molecular formula is C8H22O8Rh2. The van der Waals surface area contributed by atoms with Gasteiger partial charge < -0.3 is 40.9 Å². The third-order valence-corrected chi connectivity index (χ3v) is 0. The van der Waals surface area contributed by atoms with Crippen LogP contribution in [-0.4, -0.2) is 59.7 Å². The molecular weight excluding hydrogens is 430 g/mol. The molecule has 0 aromatic carbocycles. The summed E-state index contributed by atoms with van der Waals surface area (Å²) in [6, 6.07) is 0. The first-order valence-corrected chi connectivity index (χ1v) is 4.08. The van der Waals surface area contributed by atoms with E-state index in [1.165, 1.54) is 20.8 Å². The van der Waals surface area contributed by atoms with Crippen molar-refractivity contribution in [3.8, 4) is 0 Å². The fourth-order valence-electron chi connectivity index (χ4n) is 0. The zero-order valence-electron chi connectivity index (χ0n) is 10.2. The molecule has 120 valence electrons. The van der Waals surface area contributed by atoms with Crippen LogP contribution in [0, 0.1) is 0 Å². The Kier molecular flexibility index (Phi) is 61.2. The van der Waals surface area contributed by atoms with Crippen LogP contribution in [0.2, 0.25) is 0 Å².